The number of hydrogen-bond acceptors (Lipinski definition) is 2. The monoisotopic (exact) mass is 290 g/mol. The first-order valence-corrected chi connectivity index (χ1v) is 7.85. The molecule has 0 radical (unpaired) electrons. The fourth-order valence-electron chi connectivity index (χ4n) is 3.68. The Labute approximate surface area is 125 Å². The maximum absolute atomic E-state index is 13.2. The summed E-state index contributed by atoms with van der Waals surface area (Å²) in [5, 5.41) is 2.99. The van der Waals surface area contributed by atoms with Gasteiger partial charge in [0, 0.05) is 13.1 Å². The predicted molar refractivity (Wildman–Crippen MR) is 80.3 cm³/mol. The van der Waals surface area contributed by atoms with Crippen LogP contribution in [-0.4, -0.2) is 30.4 Å². The number of amides is 1. The van der Waals surface area contributed by atoms with Crippen LogP contribution in [0.3, 0.4) is 0 Å². The molecule has 1 aromatic carbocycles. The van der Waals surface area contributed by atoms with Gasteiger partial charge in [0.1, 0.15) is 5.82 Å². The molecule has 0 bridgehead atoms. The molecule has 3 rings (SSSR count). The zero-order chi connectivity index (χ0) is 14.9. The third kappa shape index (κ3) is 2.95. The van der Waals surface area contributed by atoms with Gasteiger partial charge < -0.3 is 5.32 Å². The molecule has 114 valence electrons. The second-order valence-electron chi connectivity index (χ2n) is 6.49. The van der Waals surface area contributed by atoms with Crippen molar-refractivity contribution in [3.05, 3.63) is 35.1 Å². The molecule has 21 heavy (non-hydrogen) atoms. The lowest BCUT2D eigenvalue weighted by molar-refractivity contribution is -0.128. The minimum Gasteiger partial charge on any atom is -0.356 e. The zero-order valence-electron chi connectivity index (χ0n) is 12.6. The van der Waals surface area contributed by atoms with Gasteiger partial charge in [0.05, 0.1) is 5.41 Å². The summed E-state index contributed by atoms with van der Waals surface area (Å²) >= 11 is 0. The highest BCUT2D eigenvalue weighted by molar-refractivity contribution is 5.84. The summed E-state index contributed by atoms with van der Waals surface area (Å²) in [6.07, 6.45) is 3.99. The van der Waals surface area contributed by atoms with Crippen molar-refractivity contribution in [1.29, 1.82) is 0 Å². The molecule has 2 aliphatic rings. The second-order valence-corrected chi connectivity index (χ2v) is 6.49. The average Bonchev–Trinajstić information content (AvgIpc) is 2.68. The maximum Gasteiger partial charge on any atom is 0.226 e. The van der Waals surface area contributed by atoms with Crippen LogP contribution in [0.4, 0.5) is 4.39 Å². The first kappa shape index (κ1) is 14.5. The highest BCUT2D eigenvalue weighted by Gasteiger charge is 2.42. The minimum atomic E-state index is -0.173. The van der Waals surface area contributed by atoms with Crippen molar-refractivity contribution in [2.45, 2.75) is 39.2 Å². The van der Waals surface area contributed by atoms with E-state index in [2.05, 4.69) is 10.2 Å². The van der Waals surface area contributed by atoms with Gasteiger partial charge in [0.15, 0.2) is 0 Å². The molecule has 1 aromatic rings. The first-order valence-electron chi connectivity index (χ1n) is 7.85. The van der Waals surface area contributed by atoms with E-state index in [4.69, 9.17) is 0 Å². The molecule has 1 atom stereocenters. The van der Waals surface area contributed by atoms with Crippen LogP contribution in [0.25, 0.3) is 0 Å². The molecular formula is C17H23FN2O. The number of aryl methyl sites for hydroxylation is 1. The van der Waals surface area contributed by atoms with Crippen molar-refractivity contribution in [3.63, 3.8) is 0 Å². The number of carbonyl (C=O) groups is 1. The van der Waals surface area contributed by atoms with Gasteiger partial charge >= 0.3 is 0 Å². The molecule has 0 saturated carbocycles. The number of nitrogens with one attached hydrogen (secondary N) is 1. The molecule has 2 saturated heterocycles. The van der Waals surface area contributed by atoms with E-state index < -0.39 is 0 Å². The van der Waals surface area contributed by atoms with Gasteiger partial charge in [-0.3, -0.25) is 9.69 Å². The fourth-order valence-corrected chi connectivity index (χ4v) is 3.68. The van der Waals surface area contributed by atoms with Crippen LogP contribution in [0.1, 0.15) is 36.8 Å². The standard InChI is InChI=1S/C17H23FN2O/c1-13-11-15(18)4-3-14(13)12-20-9-2-5-17(7-10-20)6-8-19-16(17)21/h3-4,11H,2,5-10,12H2,1H3,(H,19,21)/t17-/m1/s1. The third-order valence-corrected chi connectivity index (χ3v) is 5.11. The Kier molecular flexibility index (Phi) is 3.98. The van der Waals surface area contributed by atoms with Gasteiger partial charge in [-0.05, 0) is 69.0 Å². The third-order valence-electron chi connectivity index (χ3n) is 5.11. The first-order chi connectivity index (χ1) is 10.1. The van der Waals surface area contributed by atoms with E-state index in [0.29, 0.717) is 0 Å². The Morgan fingerprint density at radius 3 is 2.86 bits per heavy atom. The van der Waals surface area contributed by atoms with E-state index in [-0.39, 0.29) is 17.1 Å². The quantitative estimate of drug-likeness (QED) is 0.908. The van der Waals surface area contributed by atoms with Gasteiger partial charge in [-0.25, -0.2) is 4.39 Å². The van der Waals surface area contributed by atoms with Crippen LogP contribution in [0.15, 0.2) is 18.2 Å². The molecule has 1 amide bonds. The summed E-state index contributed by atoms with van der Waals surface area (Å²) < 4.78 is 13.2. The van der Waals surface area contributed by atoms with Gasteiger partial charge in [-0.1, -0.05) is 6.07 Å². The average molecular weight is 290 g/mol. The SMILES string of the molecule is Cc1cc(F)ccc1CN1CCC[C@@]2(CCNC2=O)CC1. The Balaban J connectivity index is 1.66. The molecule has 3 nitrogen and oxygen atoms in total. The topological polar surface area (TPSA) is 32.3 Å². The van der Waals surface area contributed by atoms with Gasteiger partial charge in [0.25, 0.3) is 0 Å². The number of likely N-dealkylation sites (tertiary alicyclic amines) is 1. The van der Waals surface area contributed by atoms with Crippen LogP contribution in [0.5, 0.6) is 0 Å². The summed E-state index contributed by atoms with van der Waals surface area (Å²) in [7, 11) is 0. The molecule has 1 spiro atoms. The van der Waals surface area contributed by atoms with Gasteiger partial charge in [-0.15, -0.1) is 0 Å². The lowest BCUT2D eigenvalue weighted by Gasteiger charge is -2.25. The lowest BCUT2D eigenvalue weighted by atomic mass is 9.79. The molecule has 0 aliphatic carbocycles. The van der Waals surface area contributed by atoms with Crippen LogP contribution >= 0.6 is 0 Å². The zero-order valence-corrected chi connectivity index (χ0v) is 12.6. The number of carbonyl (C=O) groups excluding carboxylic acids is 1. The van der Waals surface area contributed by atoms with Crippen molar-refractivity contribution < 1.29 is 9.18 Å². The summed E-state index contributed by atoms with van der Waals surface area (Å²) in [6.45, 7) is 5.61. The number of benzene rings is 1. The molecule has 0 unspecified atom stereocenters. The van der Waals surface area contributed by atoms with Crippen LogP contribution in [0, 0.1) is 18.2 Å². The molecule has 2 heterocycles. The van der Waals surface area contributed by atoms with Crippen molar-refractivity contribution in [2.75, 3.05) is 19.6 Å². The Morgan fingerprint density at radius 2 is 2.14 bits per heavy atom. The molecule has 2 fully saturated rings. The normalized spacial score (nSPS) is 26.9. The number of nitrogens with zero attached hydrogens (tertiary/aromatic N) is 1. The number of halogens is 1. The van der Waals surface area contributed by atoms with Crippen molar-refractivity contribution >= 4 is 5.91 Å². The van der Waals surface area contributed by atoms with Crippen molar-refractivity contribution in [1.82, 2.24) is 10.2 Å². The summed E-state index contributed by atoms with van der Waals surface area (Å²) in [5.74, 6) is 0.0796. The van der Waals surface area contributed by atoms with E-state index in [1.807, 2.05) is 13.0 Å². The minimum absolute atomic E-state index is 0.118. The predicted octanol–water partition coefficient (Wildman–Crippen LogP) is 2.63. The van der Waals surface area contributed by atoms with E-state index >= 15 is 0 Å². The largest absolute Gasteiger partial charge is 0.356 e. The number of rotatable bonds is 2. The van der Waals surface area contributed by atoms with E-state index in [1.54, 1.807) is 6.07 Å². The Morgan fingerprint density at radius 1 is 1.29 bits per heavy atom. The van der Waals surface area contributed by atoms with Gasteiger partial charge in [-0.2, -0.15) is 0 Å². The smallest absolute Gasteiger partial charge is 0.226 e. The van der Waals surface area contributed by atoms with Gasteiger partial charge in [0.2, 0.25) is 5.91 Å². The summed E-state index contributed by atoms with van der Waals surface area (Å²) in [6, 6.07) is 5.01. The van der Waals surface area contributed by atoms with E-state index in [0.717, 1.165) is 57.4 Å². The van der Waals surface area contributed by atoms with Crippen LogP contribution in [-0.2, 0) is 11.3 Å². The summed E-state index contributed by atoms with van der Waals surface area (Å²) in [4.78, 5) is 14.5. The van der Waals surface area contributed by atoms with Crippen molar-refractivity contribution in [3.8, 4) is 0 Å². The van der Waals surface area contributed by atoms with E-state index in [9.17, 15) is 9.18 Å². The van der Waals surface area contributed by atoms with Crippen molar-refractivity contribution in [2.24, 2.45) is 5.41 Å². The Hall–Kier alpha value is -1.42. The highest BCUT2D eigenvalue weighted by Crippen LogP contribution is 2.38. The Bertz CT molecular complexity index is 546. The molecule has 0 aromatic heterocycles. The molecule has 4 heteroatoms. The highest BCUT2D eigenvalue weighted by atomic mass is 19.1. The molecule has 1 N–H and O–H groups in total. The van der Waals surface area contributed by atoms with Crippen LogP contribution in [0.2, 0.25) is 0 Å². The second kappa shape index (κ2) is 5.76. The lowest BCUT2D eigenvalue weighted by Crippen LogP contribution is -2.32. The molecular weight excluding hydrogens is 267 g/mol. The number of hydrogen-bond donors (Lipinski definition) is 1. The summed E-state index contributed by atoms with van der Waals surface area (Å²) in [5.41, 5.74) is 2.07. The van der Waals surface area contributed by atoms with E-state index in [1.165, 1.54) is 11.6 Å². The fraction of sp³-hybridized carbons (Fsp3) is 0.588. The van der Waals surface area contributed by atoms with Crippen LogP contribution < -0.4 is 5.32 Å². The molecule has 2 aliphatic heterocycles. The maximum atomic E-state index is 13.2.